The van der Waals surface area contributed by atoms with Crippen LogP contribution in [0.25, 0.3) is 0 Å². The van der Waals surface area contributed by atoms with Crippen molar-refractivity contribution in [3.8, 4) is 0 Å². The molecule has 0 aliphatic heterocycles. The number of nitrogen functional groups attached to an aromatic ring is 1. The van der Waals surface area contributed by atoms with Crippen molar-refractivity contribution in [2.45, 2.75) is 4.90 Å². The van der Waals surface area contributed by atoms with Crippen molar-refractivity contribution in [3.63, 3.8) is 0 Å². The first kappa shape index (κ1) is 13.2. The number of nitrogens with two attached hydrogens (primary N) is 1. The van der Waals surface area contributed by atoms with Gasteiger partial charge in [0.15, 0.2) is 0 Å². The number of rotatable bonds is 4. The molecule has 0 heterocycles. The summed E-state index contributed by atoms with van der Waals surface area (Å²) in [5, 5.41) is 9.00. The van der Waals surface area contributed by atoms with Crippen LogP contribution in [0, 0.1) is 0 Å². The number of aliphatic hydroxyl groups is 1. The second kappa shape index (κ2) is 5.01. The molecule has 7 heteroatoms. The second-order valence-electron chi connectivity index (χ2n) is 3.23. The molecule has 1 aromatic rings. The number of likely N-dealkylation sites (N-methyl/N-ethyl adjacent to an activating group) is 1. The normalized spacial score (nSPS) is 12.0. The summed E-state index contributed by atoms with van der Waals surface area (Å²) in [4.78, 5) is 0.0605. The minimum absolute atomic E-state index is 0.0326. The number of hydrogen-bond acceptors (Lipinski definition) is 4. The molecule has 90 valence electrons. The smallest absolute Gasteiger partial charge is 0.242 e. The van der Waals surface area contributed by atoms with Gasteiger partial charge in [0.05, 0.1) is 22.2 Å². The molecule has 0 atom stereocenters. The fraction of sp³-hybridized carbons (Fsp3) is 0.333. The molecular formula is C9H13ClN2O3S. The lowest BCUT2D eigenvalue weighted by molar-refractivity contribution is 0.266. The SMILES string of the molecule is CN(CCO)S(=O)(=O)c1ccc(Cl)c(N)c1. The fourth-order valence-electron chi connectivity index (χ4n) is 1.12. The third-order valence-corrected chi connectivity index (χ3v) is 4.29. The predicted octanol–water partition coefficient (Wildman–Crippen LogP) is 0.535. The summed E-state index contributed by atoms with van der Waals surface area (Å²) in [5.41, 5.74) is 5.74. The molecule has 0 aliphatic carbocycles. The fourth-order valence-corrected chi connectivity index (χ4v) is 2.44. The molecule has 5 nitrogen and oxygen atoms in total. The maximum atomic E-state index is 11.9. The lowest BCUT2D eigenvalue weighted by Gasteiger charge is -2.16. The molecule has 0 aliphatic rings. The van der Waals surface area contributed by atoms with Gasteiger partial charge < -0.3 is 10.8 Å². The van der Waals surface area contributed by atoms with Crippen molar-refractivity contribution in [1.82, 2.24) is 4.31 Å². The molecular weight excluding hydrogens is 252 g/mol. The number of nitrogens with zero attached hydrogens (tertiary/aromatic N) is 1. The average molecular weight is 265 g/mol. The van der Waals surface area contributed by atoms with Crippen LogP contribution >= 0.6 is 11.6 Å². The van der Waals surface area contributed by atoms with Crippen LogP contribution in [0.3, 0.4) is 0 Å². The van der Waals surface area contributed by atoms with Crippen molar-refractivity contribution >= 4 is 27.3 Å². The number of halogens is 1. The average Bonchev–Trinajstić information content (AvgIpc) is 2.22. The standard InChI is InChI=1S/C9H13ClN2O3S/c1-12(4-5-13)16(14,15)7-2-3-8(10)9(11)6-7/h2-3,6,13H,4-5,11H2,1H3. The molecule has 0 aromatic heterocycles. The molecule has 16 heavy (non-hydrogen) atoms. The number of hydrogen-bond donors (Lipinski definition) is 2. The largest absolute Gasteiger partial charge is 0.397 e. The van der Waals surface area contributed by atoms with E-state index in [1.165, 1.54) is 25.2 Å². The molecule has 0 radical (unpaired) electrons. The van der Waals surface area contributed by atoms with Gasteiger partial charge in [-0.25, -0.2) is 8.42 Å². The van der Waals surface area contributed by atoms with E-state index in [-0.39, 0.29) is 23.7 Å². The van der Waals surface area contributed by atoms with E-state index in [2.05, 4.69) is 0 Å². The van der Waals surface area contributed by atoms with Crippen LogP contribution < -0.4 is 5.73 Å². The molecule has 0 bridgehead atoms. The number of aliphatic hydroxyl groups excluding tert-OH is 1. The van der Waals surface area contributed by atoms with Gasteiger partial charge in [0, 0.05) is 13.6 Å². The van der Waals surface area contributed by atoms with E-state index in [0.717, 1.165) is 4.31 Å². The topological polar surface area (TPSA) is 83.6 Å². The first-order valence-corrected chi connectivity index (χ1v) is 6.33. The van der Waals surface area contributed by atoms with Crippen LogP contribution in [0.2, 0.25) is 5.02 Å². The monoisotopic (exact) mass is 264 g/mol. The predicted molar refractivity (Wildman–Crippen MR) is 62.8 cm³/mol. The Morgan fingerprint density at radius 2 is 2.12 bits per heavy atom. The Hall–Kier alpha value is -0.820. The van der Waals surface area contributed by atoms with Crippen molar-refractivity contribution in [2.75, 3.05) is 25.9 Å². The van der Waals surface area contributed by atoms with E-state index in [0.29, 0.717) is 5.02 Å². The molecule has 1 rings (SSSR count). The second-order valence-corrected chi connectivity index (χ2v) is 5.69. The van der Waals surface area contributed by atoms with Gasteiger partial charge in [-0.15, -0.1) is 0 Å². The zero-order chi connectivity index (χ0) is 12.3. The molecule has 0 unspecified atom stereocenters. The van der Waals surface area contributed by atoms with Crippen molar-refractivity contribution in [3.05, 3.63) is 23.2 Å². The Bertz CT molecular complexity index is 476. The van der Waals surface area contributed by atoms with Crippen LogP contribution in [0.15, 0.2) is 23.1 Å². The Morgan fingerprint density at radius 3 is 2.62 bits per heavy atom. The number of sulfonamides is 1. The van der Waals surface area contributed by atoms with Gasteiger partial charge in [-0.2, -0.15) is 4.31 Å². The number of benzene rings is 1. The molecule has 0 amide bonds. The highest BCUT2D eigenvalue weighted by molar-refractivity contribution is 7.89. The van der Waals surface area contributed by atoms with Crippen molar-refractivity contribution in [1.29, 1.82) is 0 Å². The van der Waals surface area contributed by atoms with Gasteiger partial charge in [-0.1, -0.05) is 11.6 Å². The molecule has 0 spiro atoms. The third kappa shape index (κ3) is 2.65. The van der Waals surface area contributed by atoms with E-state index in [9.17, 15) is 8.42 Å². The molecule has 0 fully saturated rings. The highest BCUT2D eigenvalue weighted by atomic mass is 35.5. The van der Waals surface area contributed by atoms with Gasteiger partial charge >= 0.3 is 0 Å². The summed E-state index contributed by atoms with van der Waals surface area (Å²) in [6, 6.07) is 4.10. The van der Waals surface area contributed by atoms with E-state index >= 15 is 0 Å². The molecule has 1 aromatic carbocycles. The summed E-state index contributed by atoms with van der Waals surface area (Å²) in [5.74, 6) is 0. The van der Waals surface area contributed by atoms with Gasteiger partial charge in [0.2, 0.25) is 10.0 Å². The summed E-state index contributed by atoms with van der Waals surface area (Å²) in [6.07, 6.45) is 0. The number of anilines is 1. The Balaban J connectivity index is 3.12. The maximum Gasteiger partial charge on any atom is 0.242 e. The summed E-state index contributed by atoms with van der Waals surface area (Å²) < 4.78 is 24.9. The van der Waals surface area contributed by atoms with Gasteiger partial charge in [-0.05, 0) is 18.2 Å². The Morgan fingerprint density at radius 1 is 1.50 bits per heavy atom. The van der Waals surface area contributed by atoms with Crippen LogP contribution in [0.1, 0.15) is 0 Å². The summed E-state index contributed by atoms with van der Waals surface area (Å²) in [6.45, 7) is -0.205. The van der Waals surface area contributed by atoms with Gasteiger partial charge in [0.1, 0.15) is 0 Å². The Labute approximate surface area is 99.5 Å². The molecule has 0 saturated heterocycles. The van der Waals surface area contributed by atoms with Crippen LogP contribution in [-0.2, 0) is 10.0 Å². The van der Waals surface area contributed by atoms with Crippen molar-refractivity contribution in [2.24, 2.45) is 0 Å². The highest BCUT2D eigenvalue weighted by Gasteiger charge is 2.20. The van der Waals surface area contributed by atoms with E-state index in [1.54, 1.807) is 0 Å². The van der Waals surface area contributed by atoms with Crippen LogP contribution in [0.4, 0.5) is 5.69 Å². The molecule has 3 N–H and O–H groups in total. The van der Waals surface area contributed by atoms with Gasteiger partial charge in [-0.3, -0.25) is 0 Å². The summed E-state index contributed by atoms with van der Waals surface area (Å²) in [7, 11) is -2.22. The lowest BCUT2D eigenvalue weighted by Crippen LogP contribution is -2.29. The first-order valence-electron chi connectivity index (χ1n) is 4.52. The first-order chi connectivity index (χ1) is 7.39. The Kier molecular flexibility index (Phi) is 4.15. The lowest BCUT2D eigenvalue weighted by atomic mass is 10.3. The van der Waals surface area contributed by atoms with Crippen LogP contribution in [-0.4, -0.2) is 38.0 Å². The minimum atomic E-state index is -3.61. The van der Waals surface area contributed by atoms with E-state index < -0.39 is 10.0 Å². The molecule has 0 saturated carbocycles. The quantitative estimate of drug-likeness (QED) is 0.778. The van der Waals surface area contributed by atoms with E-state index in [4.69, 9.17) is 22.4 Å². The van der Waals surface area contributed by atoms with Gasteiger partial charge in [0.25, 0.3) is 0 Å². The van der Waals surface area contributed by atoms with Crippen LogP contribution in [0.5, 0.6) is 0 Å². The summed E-state index contributed by atoms with van der Waals surface area (Å²) >= 11 is 5.70. The zero-order valence-corrected chi connectivity index (χ0v) is 10.3. The minimum Gasteiger partial charge on any atom is -0.397 e. The zero-order valence-electron chi connectivity index (χ0n) is 8.72. The van der Waals surface area contributed by atoms with E-state index in [1.807, 2.05) is 0 Å². The van der Waals surface area contributed by atoms with Crippen molar-refractivity contribution < 1.29 is 13.5 Å². The highest BCUT2D eigenvalue weighted by Crippen LogP contribution is 2.23. The maximum absolute atomic E-state index is 11.9. The third-order valence-electron chi connectivity index (χ3n) is 2.09.